The molecule has 1 amide bonds. The van der Waals surface area contributed by atoms with Crippen LogP contribution in [0.3, 0.4) is 0 Å². The maximum Gasteiger partial charge on any atom is 0.259 e. The number of thiazole rings is 1. The first kappa shape index (κ1) is 12.8. The lowest BCUT2D eigenvalue weighted by Crippen LogP contribution is -2.13. The number of carbonyl (C=O) groups excluding carboxylic acids is 1. The van der Waals surface area contributed by atoms with Crippen molar-refractivity contribution < 1.29 is 4.79 Å². The lowest BCUT2D eigenvalue weighted by molar-refractivity contribution is 0.102. The van der Waals surface area contributed by atoms with Crippen molar-refractivity contribution in [3.63, 3.8) is 0 Å². The van der Waals surface area contributed by atoms with Crippen molar-refractivity contribution in [1.82, 2.24) is 9.97 Å². The number of carbonyl (C=O) groups is 1. The van der Waals surface area contributed by atoms with E-state index in [1.165, 1.54) is 23.6 Å². The summed E-state index contributed by atoms with van der Waals surface area (Å²) < 4.78 is 1.00. The first-order valence-corrected chi connectivity index (χ1v) is 6.91. The van der Waals surface area contributed by atoms with Gasteiger partial charge in [-0.25, -0.2) is 9.97 Å². The summed E-state index contributed by atoms with van der Waals surface area (Å²) in [5, 5.41) is 3.48. The van der Waals surface area contributed by atoms with Gasteiger partial charge in [0, 0.05) is 6.20 Å². The molecule has 20 heavy (non-hydrogen) atoms. The Morgan fingerprint density at radius 3 is 2.95 bits per heavy atom. The molecule has 0 aliphatic carbocycles. The van der Waals surface area contributed by atoms with Gasteiger partial charge in [-0.1, -0.05) is 35.1 Å². The SMILES string of the molecule is Nc1cc(C(=O)Nc2nc3ccccc3s2)c(Cl)cn1. The van der Waals surface area contributed by atoms with Gasteiger partial charge in [-0.3, -0.25) is 10.1 Å². The Balaban J connectivity index is 1.90. The molecule has 5 nitrogen and oxygen atoms in total. The van der Waals surface area contributed by atoms with Gasteiger partial charge in [0.15, 0.2) is 5.13 Å². The summed E-state index contributed by atoms with van der Waals surface area (Å²) in [6.45, 7) is 0. The Morgan fingerprint density at radius 1 is 1.35 bits per heavy atom. The van der Waals surface area contributed by atoms with Gasteiger partial charge in [-0.2, -0.15) is 0 Å². The summed E-state index contributed by atoms with van der Waals surface area (Å²) in [7, 11) is 0. The van der Waals surface area contributed by atoms with Crippen molar-refractivity contribution in [3.05, 3.63) is 47.1 Å². The number of rotatable bonds is 2. The van der Waals surface area contributed by atoms with Crippen LogP contribution in [0.2, 0.25) is 5.02 Å². The van der Waals surface area contributed by atoms with Crippen molar-refractivity contribution >= 4 is 50.0 Å². The Kier molecular flexibility index (Phi) is 3.25. The Bertz CT molecular complexity index is 769. The molecule has 0 atom stereocenters. The van der Waals surface area contributed by atoms with Gasteiger partial charge in [0.05, 0.1) is 20.8 Å². The molecule has 0 fully saturated rings. The molecule has 2 aromatic heterocycles. The number of benzene rings is 1. The van der Waals surface area contributed by atoms with Gasteiger partial charge in [-0.15, -0.1) is 0 Å². The van der Waals surface area contributed by atoms with E-state index in [-0.39, 0.29) is 22.3 Å². The van der Waals surface area contributed by atoms with Crippen LogP contribution < -0.4 is 11.1 Å². The van der Waals surface area contributed by atoms with Crippen LogP contribution in [0, 0.1) is 0 Å². The molecular weight excluding hydrogens is 296 g/mol. The lowest BCUT2D eigenvalue weighted by atomic mass is 10.2. The monoisotopic (exact) mass is 304 g/mol. The zero-order valence-corrected chi connectivity index (χ0v) is 11.7. The van der Waals surface area contributed by atoms with E-state index in [1.807, 2.05) is 24.3 Å². The predicted octanol–water partition coefficient (Wildman–Crippen LogP) is 3.18. The topological polar surface area (TPSA) is 80.9 Å². The molecule has 0 aliphatic heterocycles. The molecule has 3 rings (SSSR count). The number of hydrogen-bond acceptors (Lipinski definition) is 5. The highest BCUT2D eigenvalue weighted by atomic mass is 35.5. The van der Waals surface area contributed by atoms with Crippen molar-refractivity contribution in [1.29, 1.82) is 0 Å². The maximum atomic E-state index is 12.2. The standard InChI is InChI=1S/C13H9ClN4OS/c14-8-6-16-11(15)5-7(8)12(19)18-13-17-9-3-1-2-4-10(9)20-13/h1-6H,(H2,15,16)(H,17,18,19). The van der Waals surface area contributed by atoms with Crippen LogP contribution in [0.15, 0.2) is 36.5 Å². The van der Waals surface area contributed by atoms with Crippen molar-refractivity contribution in [2.75, 3.05) is 11.1 Å². The summed E-state index contributed by atoms with van der Waals surface area (Å²) in [6.07, 6.45) is 1.35. The Hall–Kier alpha value is -2.18. The van der Waals surface area contributed by atoms with Crippen molar-refractivity contribution in [2.45, 2.75) is 0 Å². The molecule has 2 heterocycles. The number of pyridine rings is 1. The van der Waals surface area contributed by atoms with Gasteiger partial charge in [0.25, 0.3) is 5.91 Å². The molecule has 0 bridgehead atoms. The number of nitrogens with zero attached hydrogens (tertiary/aromatic N) is 2. The molecule has 0 radical (unpaired) electrons. The Labute approximate surface area is 123 Å². The summed E-state index contributed by atoms with van der Waals surface area (Å²) >= 11 is 7.34. The minimum absolute atomic E-state index is 0.240. The van der Waals surface area contributed by atoms with Crippen LogP contribution >= 0.6 is 22.9 Å². The number of anilines is 2. The number of nitrogen functional groups attached to an aromatic ring is 1. The fourth-order valence-electron chi connectivity index (χ4n) is 1.72. The van der Waals surface area contributed by atoms with Gasteiger partial charge >= 0.3 is 0 Å². The van der Waals surface area contributed by atoms with Crippen LogP contribution in [0.4, 0.5) is 10.9 Å². The van der Waals surface area contributed by atoms with Gasteiger partial charge in [-0.05, 0) is 18.2 Å². The van der Waals surface area contributed by atoms with Crippen molar-refractivity contribution in [3.8, 4) is 0 Å². The highest BCUT2D eigenvalue weighted by Crippen LogP contribution is 2.26. The predicted molar refractivity (Wildman–Crippen MR) is 81.2 cm³/mol. The smallest absolute Gasteiger partial charge is 0.259 e. The molecule has 0 unspecified atom stereocenters. The van der Waals surface area contributed by atoms with Gasteiger partial charge in [0.2, 0.25) is 0 Å². The van der Waals surface area contributed by atoms with Crippen LogP contribution in [0.5, 0.6) is 0 Å². The fraction of sp³-hybridized carbons (Fsp3) is 0. The van der Waals surface area contributed by atoms with Gasteiger partial charge < -0.3 is 5.73 Å². The zero-order valence-electron chi connectivity index (χ0n) is 10.1. The largest absolute Gasteiger partial charge is 0.384 e. The number of amides is 1. The van der Waals surface area contributed by atoms with Gasteiger partial charge in [0.1, 0.15) is 5.82 Å². The second kappa shape index (κ2) is 5.07. The van der Waals surface area contributed by atoms with E-state index in [4.69, 9.17) is 17.3 Å². The number of aromatic nitrogens is 2. The molecule has 1 aromatic carbocycles. The summed E-state index contributed by atoms with van der Waals surface area (Å²) in [4.78, 5) is 20.3. The molecule has 0 spiro atoms. The number of halogens is 1. The number of nitrogens with two attached hydrogens (primary N) is 1. The number of para-hydroxylation sites is 1. The average molecular weight is 305 g/mol. The minimum atomic E-state index is -0.358. The van der Waals surface area contributed by atoms with E-state index in [1.54, 1.807) is 0 Å². The van der Waals surface area contributed by atoms with Crippen LogP contribution in [-0.4, -0.2) is 15.9 Å². The van der Waals surface area contributed by atoms with E-state index in [9.17, 15) is 4.79 Å². The van der Waals surface area contributed by atoms with E-state index in [2.05, 4.69) is 15.3 Å². The quantitative estimate of drug-likeness (QED) is 0.762. The first-order valence-electron chi connectivity index (χ1n) is 5.71. The third-order valence-electron chi connectivity index (χ3n) is 2.64. The second-order valence-corrected chi connectivity index (χ2v) is 5.47. The van der Waals surface area contributed by atoms with Crippen LogP contribution in [-0.2, 0) is 0 Å². The number of nitrogens with one attached hydrogen (secondary N) is 1. The normalized spacial score (nSPS) is 10.7. The molecule has 0 saturated carbocycles. The fourth-order valence-corrected chi connectivity index (χ4v) is 2.77. The summed E-state index contributed by atoms with van der Waals surface area (Å²) in [5.41, 5.74) is 6.67. The molecule has 100 valence electrons. The third kappa shape index (κ3) is 2.43. The molecule has 3 N–H and O–H groups in total. The van der Waals surface area contributed by atoms with E-state index < -0.39 is 0 Å². The average Bonchev–Trinajstić information content (AvgIpc) is 2.83. The third-order valence-corrected chi connectivity index (χ3v) is 3.89. The summed E-state index contributed by atoms with van der Waals surface area (Å²) in [5.74, 6) is -0.119. The minimum Gasteiger partial charge on any atom is -0.384 e. The molecule has 7 heteroatoms. The van der Waals surface area contributed by atoms with E-state index in [0.717, 1.165) is 10.2 Å². The second-order valence-electron chi connectivity index (χ2n) is 4.03. The highest BCUT2D eigenvalue weighted by molar-refractivity contribution is 7.22. The maximum absolute atomic E-state index is 12.2. The van der Waals surface area contributed by atoms with Crippen LogP contribution in [0.1, 0.15) is 10.4 Å². The summed E-state index contributed by atoms with van der Waals surface area (Å²) in [6, 6.07) is 9.09. The number of hydrogen-bond donors (Lipinski definition) is 2. The van der Waals surface area contributed by atoms with Crippen LogP contribution in [0.25, 0.3) is 10.2 Å². The number of fused-ring (bicyclic) bond motifs is 1. The Morgan fingerprint density at radius 2 is 2.15 bits per heavy atom. The first-order chi connectivity index (χ1) is 9.63. The highest BCUT2D eigenvalue weighted by Gasteiger charge is 2.13. The zero-order chi connectivity index (χ0) is 14.1. The molecule has 3 aromatic rings. The van der Waals surface area contributed by atoms with E-state index >= 15 is 0 Å². The van der Waals surface area contributed by atoms with Crippen molar-refractivity contribution in [2.24, 2.45) is 0 Å². The molecule has 0 saturated heterocycles. The van der Waals surface area contributed by atoms with E-state index in [0.29, 0.717) is 5.13 Å². The molecule has 0 aliphatic rings. The lowest BCUT2D eigenvalue weighted by Gasteiger charge is -2.04. The molecular formula is C13H9ClN4OS.